The van der Waals surface area contributed by atoms with Crippen LogP contribution in [0.5, 0.6) is 5.75 Å². The van der Waals surface area contributed by atoms with Gasteiger partial charge in [0.05, 0.1) is 30.8 Å². The van der Waals surface area contributed by atoms with E-state index in [-0.39, 0.29) is 22.5 Å². The quantitative estimate of drug-likeness (QED) is 0.596. The number of carbonyl (C=O) groups excluding carboxylic acids is 1. The molecule has 2 aromatic heterocycles. The van der Waals surface area contributed by atoms with Crippen LogP contribution < -0.4 is 10.2 Å². The molecule has 3 aromatic rings. The van der Waals surface area contributed by atoms with Gasteiger partial charge in [-0.3, -0.25) is 4.79 Å². The fraction of sp³-hybridized carbons (Fsp3) is 0.458. The average molecular weight is 436 g/mol. The van der Waals surface area contributed by atoms with Crippen LogP contribution in [0.2, 0.25) is 0 Å². The minimum atomic E-state index is -0.275. The third-order valence-electron chi connectivity index (χ3n) is 7.24. The molecule has 0 spiro atoms. The zero-order valence-corrected chi connectivity index (χ0v) is 18.8. The van der Waals surface area contributed by atoms with Gasteiger partial charge in [0, 0.05) is 31.5 Å². The Labute approximate surface area is 187 Å². The number of hydrogen-bond donors (Lipinski definition) is 2. The number of nitrogens with zero attached hydrogens (tertiary/aromatic N) is 4. The van der Waals surface area contributed by atoms with Crippen molar-refractivity contribution in [3.8, 4) is 5.75 Å². The molecule has 2 fully saturated rings. The summed E-state index contributed by atoms with van der Waals surface area (Å²) in [6, 6.07) is 5.48. The van der Waals surface area contributed by atoms with E-state index in [1.807, 2.05) is 6.07 Å². The molecule has 8 nitrogen and oxygen atoms in total. The molecule has 8 heteroatoms. The lowest BCUT2D eigenvalue weighted by Crippen LogP contribution is -2.36. The molecular formula is C24H29N5O3. The predicted octanol–water partition coefficient (Wildman–Crippen LogP) is 3.50. The van der Waals surface area contributed by atoms with E-state index in [2.05, 4.69) is 41.1 Å². The molecule has 1 aromatic carbocycles. The maximum atomic E-state index is 13.2. The monoisotopic (exact) mass is 435 g/mol. The first-order chi connectivity index (χ1) is 15.3. The lowest BCUT2D eigenvalue weighted by molar-refractivity contribution is 0.102. The van der Waals surface area contributed by atoms with Crippen molar-refractivity contribution in [2.75, 3.05) is 36.5 Å². The first kappa shape index (κ1) is 20.8. The van der Waals surface area contributed by atoms with Crippen LogP contribution in [0, 0.1) is 10.8 Å². The van der Waals surface area contributed by atoms with Crippen molar-refractivity contribution < 1.29 is 14.6 Å². The second-order valence-electron chi connectivity index (χ2n) is 9.80. The van der Waals surface area contributed by atoms with Gasteiger partial charge < -0.3 is 20.1 Å². The van der Waals surface area contributed by atoms with Crippen LogP contribution in [-0.4, -0.2) is 51.9 Å². The maximum absolute atomic E-state index is 13.2. The number of morpholine rings is 1. The van der Waals surface area contributed by atoms with Gasteiger partial charge in [0.2, 0.25) is 0 Å². The molecule has 1 saturated carbocycles. The number of nitrogens with one attached hydrogen (secondary N) is 1. The topological polar surface area (TPSA) is 92.0 Å². The summed E-state index contributed by atoms with van der Waals surface area (Å²) in [6.07, 6.45) is 6.80. The number of phenols is 1. The summed E-state index contributed by atoms with van der Waals surface area (Å²) in [5, 5.41) is 18.2. The van der Waals surface area contributed by atoms with Crippen molar-refractivity contribution in [2.45, 2.75) is 33.6 Å². The van der Waals surface area contributed by atoms with Crippen molar-refractivity contribution >= 4 is 22.9 Å². The Morgan fingerprint density at radius 2 is 2.00 bits per heavy atom. The number of amides is 1. The highest BCUT2D eigenvalue weighted by Crippen LogP contribution is 2.65. The second kappa shape index (κ2) is 7.48. The van der Waals surface area contributed by atoms with Crippen molar-refractivity contribution in [2.24, 2.45) is 10.8 Å². The Hall–Kier alpha value is -3.13. The Morgan fingerprint density at radius 3 is 2.72 bits per heavy atom. The van der Waals surface area contributed by atoms with Crippen molar-refractivity contribution in [3.63, 3.8) is 0 Å². The Balaban J connectivity index is 1.50. The van der Waals surface area contributed by atoms with E-state index in [0.29, 0.717) is 43.2 Å². The highest BCUT2D eigenvalue weighted by Gasteiger charge is 2.57. The van der Waals surface area contributed by atoms with Gasteiger partial charge in [0.25, 0.3) is 5.91 Å². The first-order valence-corrected chi connectivity index (χ1v) is 11.1. The van der Waals surface area contributed by atoms with Gasteiger partial charge in [0.1, 0.15) is 11.3 Å². The number of phenolic OH excluding ortho intramolecular Hbond substituents is 1. The number of aromatic nitrogens is 3. The molecule has 5 rings (SSSR count). The largest absolute Gasteiger partial charge is 0.508 e. The van der Waals surface area contributed by atoms with E-state index in [1.54, 1.807) is 29.0 Å². The molecule has 1 amide bonds. The Morgan fingerprint density at radius 1 is 1.25 bits per heavy atom. The van der Waals surface area contributed by atoms with Gasteiger partial charge in [0.15, 0.2) is 5.65 Å². The number of anilines is 2. The highest BCUT2D eigenvalue weighted by atomic mass is 16.5. The minimum absolute atomic E-state index is 0.138. The number of ether oxygens (including phenoxy) is 1. The predicted molar refractivity (Wildman–Crippen MR) is 122 cm³/mol. The van der Waals surface area contributed by atoms with E-state index in [9.17, 15) is 9.90 Å². The molecule has 32 heavy (non-hydrogen) atoms. The Bertz CT molecular complexity index is 1180. The van der Waals surface area contributed by atoms with Gasteiger partial charge in [-0.05, 0) is 41.4 Å². The second-order valence-corrected chi connectivity index (χ2v) is 9.80. The van der Waals surface area contributed by atoms with Crippen LogP contribution in [0.3, 0.4) is 0 Å². The lowest BCUT2D eigenvalue weighted by Gasteiger charge is -2.31. The van der Waals surface area contributed by atoms with Crippen LogP contribution in [0.15, 0.2) is 36.8 Å². The summed E-state index contributed by atoms with van der Waals surface area (Å²) in [5.41, 5.74) is 3.62. The Kier molecular flexibility index (Phi) is 4.85. The lowest BCUT2D eigenvalue weighted by atomic mass is 9.90. The molecule has 1 atom stereocenters. The zero-order chi connectivity index (χ0) is 22.5. The zero-order valence-electron chi connectivity index (χ0n) is 18.8. The molecule has 1 saturated heterocycles. The van der Waals surface area contributed by atoms with E-state index in [4.69, 9.17) is 4.74 Å². The number of aromatic hydroxyl groups is 1. The summed E-state index contributed by atoms with van der Waals surface area (Å²) in [7, 11) is 0. The van der Waals surface area contributed by atoms with Crippen LogP contribution in [0.1, 0.15) is 43.1 Å². The molecule has 2 N–H and O–H groups in total. The third kappa shape index (κ3) is 3.58. The van der Waals surface area contributed by atoms with Gasteiger partial charge in [-0.15, -0.1) is 0 Å². The van der Waals surface area contributed by atoms with Crippen molar-refractivity contribution in [1.29, 1.82) is 0 Å². The number of hydrogen-bond acceptors (Lipinski definition) is 6. The summed E-state index contributed by atoms with van der Waals surface area (Å²) in [6.45, 7) is 9.39. The van der Waals surface area contributed by atoms with E-state index >= 15 is 0 Å². The summed E-state index contributed by atoms with van der Waals surface area (Å²) in [5.74, 6) is -0.00567. The number of fused-ring (bicyclic) bond motifs is 1. The van der Waals surface area contributed by atoms with E-state index < -0.39 is 0 Å². The van der Waals surface area contributed by atoms with Gasteiger partial charge in [-0.1, -0.05) is 20.8 Å². The van der Waals surface area contributed by atoms with E-state index in [0.717, 1.165) is 24.1 Å². The average Bonchev–Trinajstić information content (AvgIpc) is 3.09. The standard InChI is InChI=1S/C24H29N5O3/c1-23(2)15-24(23,3)13-16-11-18(19(12-20(16)30)28-7-9-32-10-8-28)27-22(31)17-14-26-29-6-4-5-25-21(17)29/h4-6,11-12,14,30H,7-10,13,15H2,1-3H3,(H,27,31)/t24-/m0/s1. The van der Waals surface area contributed by atoms with Crippen molar-refractivity contribution in [1.82, 2.24) is 14.6 Å². The molecule has 168 valence electrons. The summed E-state index contributed by atoms with van der Waals surface area (Å²) >= 11 is 0. The molecule has 1 aliphatic heterocycles. The maximum Gasteiger partial charge on any atom is 0.261 e. The summed E-state index contributed by atoms with van der Waals surface area (Å²) in [4.78, 5) is 19.6. The van der Waals surface area contributed by atoms with Crippen LogP contribution in [-0.2, 0) is 11.2 Å². The third-order valence-corrected chi connectivity index (χ3v) is 7.24. The van der Waals surface area contributed by atoms with Gasteiger partial charge in [-0.25, -0.2) is 9.50 Å². The van der Waals surface area contributed by atoms with Crippen LogP contribution >= 0.6 is 0 Å². The molecule has 3 heterocycles. The normalized spacial score (nSPS) is 22.2. The SMILES string of the molecule is CC1(C)C[C@]1(C)Cc1cc(NC(=O)c2cnn3cccnc23)c(N2CCOCC2)cc1O. The molecular weight excluding hydrogens is 406 g/mol. The fourth-order valence-electron chi connectivity index (χ4n) is 4.76. The number of carbonyl (C=O) groups is 1. The molecule has 1 aliphatic carbocycles. The highest BCUT2D eigenvalue weighted by molar-refractivity contribution is 6.09. The van der Waals surface area contributed by atoms with Gasteiger partial charge >= 0.3 is 0 Å². The van der Waals surface area contributed by atoms with Crippen molar-refractivity contribution in [3.05, 3.63) is 47.9 Å². The molecule has 0 bridgehead atoms. The molecule has 2 aliphatic rings. The van der Waals surface area contributed by atoms with E-state index in [1.165, 1.54) is 6.20 Å². The number of rotatable bonds is 5. The fourth-order valence-corrected chi connectivity index (χ4v) is 4.76. The van der Waals surface area contributed by atoms with Gasteiger partial charge in [-0.2, -0.15) is 5.10 Å². The smallest absolute Gasteiger partial charge is 0.261 e. The van der Waals surface area contributed by atoms with Crippen LogP contribution in [0.4, 0.5) is 11.4 Å². The number of benzene rings is 1. The molecule has 0 radical (unpaired) electrons. The minimum Gasteiger partial charge on any atom is -0.508 e. The molecule has 0 unspecified atom stereocenters. The summed E-state index contributed by atoms with van der Waals surface area (Å²) < 4.78 is 7.07. The van der Waals surface area contributed by atoms with Crippen LogP contribution in [0.25, 0.3) is 5.65 Å². The first-order valence-electron chi connectivity index (χ1n) is 11.1.